The average molecular weight is 837 g/mol. The fourth-order valence-corrected chi connectivity index (χ4v) is 15.8. The molecule has 2 aliphatic carbocycles. The second kappa shape index (κ2) is 12.7. The van der Waals surface area contributed by atoms with Gasteiger partial charge in [0.05, 0.1) is 0 Å². The van der Waals surface area contributed by atoms with Crippen molar-refractivity contribution in [2.75, 3.05) is 0 Å². The molecule has 0 bridgehead atoms. The van der Waals surface area contributed by atoms with E-state index in [1.165, 1.54) is 153 Å². The summed E-state index contributed by atoms with van der Waals surface area (Å²) in [5.74, 6) is 0. The highest BCUT2D eigenvalue weighted by Crippen LogP contribution is 2.55. The molecule has 12 aromatic carbocycles. The second-order valence-corrected chi connectivity index (χ2v) is 23.3. The van der Waals surface area contributed by atoms with Crippen molar-refractivity contribution in [3.8, 4) is 89.0 Å². The van der Waals surface area contributed by atoms with Gasteiger partial charge in [0.25, 0.3) is 0 Å². The topological polar surface area (TPSA) is 0 Å². The lowest BCUT2D eigenvalue weighted by atomic mass is 9.81. The maximum absolute atomic E-state index is 2.66. The molecule has 300 valence electrons. The highest BCUT2D eigenvalue weighted by molar-refractivity contribution is 7.04. The van der Waals surface area contributed by atoms with Crippen LogP contribution in [0.15, 0.2) is 206 Å². The van der Waals surface area contributed by atoms with Crippen LogP contribution < -0.4 is 10.4 Å². The summed E-state index contributed by atoms with van der Waals surface area (Å²) in [6.07, 6.45) is 0. The first-order chi connectivity index (χ1) is 32.0. The summed E-state index contributed by atoms with van der Waals surface area (Å²) in [6, 6.07) is 79.1. The molecule has 0 atom stereocenters. The Labute approximate surface area is 378 Å². The average Bonchev–Trinajstić information content (AvgIpc) is 3.94. The van der Waals surface area contributed by atoms with Crippen LogP contribution in [0.1, 0.15) is 0 Å². The summed E-state index contributed by atoms with van der Waals surface area (Å²) in [5.41, 5.74) is 21.1. The number of fused-ring (bicyclic) bond motifs is 12. The van der Waals surface area contributed by atoms with Crippen LogP contribution in [-0.4, -0.2) is 8.07 Å². The molecule has 0 saturated carbocycles. The van der Waals surface area contributed by atoms with Gasteiger partial charge in [-0.15, -0.1) is 0 Å². The fourth-order valence-electron chi connectivity index (χ4n) is 12.7. The van der Waals surface area contributed by atoms with Gasteiger partial charge in [-0.3, -0.25) is 0 Å². The predicted molar refractivity (Wildman–Crippen MR) is 281 cm³/mol. The highest BCUT2D eigenvalue weighted by Gasteiger charge is 2.38. The van der Waals surface area contributed by atoms with E-state index in [9.17, 15) is 0 Å². The van der Waals surface area contributed by atoms with Crippen molar-refractivity contribution >= 4 is 72.3 Å². The molecule has 0 unspecified atom stereocenters. The van der Waals surface area contributed by atoms with Crippen LogP contribution in [0.25, 0.3) is 143 Å². The van der Waals surface area contributed by atoms with Gasteiger partial charge in [0, 0.05) is 0 Å². The number of hydrogen-bond acceptors (Lipinski definition) is 0. The number of hydrogen-bond donors (Lipinski definition) is 0. The fraction of sp³-hybridized carbons (Fsp3) is 0.0312. The minimum atomic E-state index is -2.07. The lowest BCUT2D eigenvalue weighted by molar-refractivity contribution is 1.67. The first-order valence-electron chi connectivity index (χ1n) is 23.0. The van der Waals surface area contributed by atoms with E-state index in [1.54, 1.807) is 0 Å². The van der Waals surface area contributed by atoms with Crippen LogP contribution in [-0.2, 0) is 0 Å². The third-order valence-electron chi connectivity index (χ3n) is 15.6. The third-order valence-corrected chi connectivity index (χ3v) is 19.1. The minimum Gasteiger partial charge on any atom is -0.0623 e. The largest absolute Gasteiger partial charge is 0.113 e. The molecular formula is C64H40Si. The molecule has 0 N–H and O–H groups in total. The van der Waals surface area contributed by atoms with Crippen LogP contribution in [0.4, 0.5) is 0 Å². The Hall–Kier alpha value is -7.84. The Morgan fingerprint density at radius 2 is 0.692 bits per heavy atom. The maximum Gasteiger partial charge on any atom is 0.113 e. The van der Waals surface area contributed by atoms with Gasteiger partial charge in [-0.05, 0) is 165 Å². The van der Waals surface area contributed by atoms with Crippen molar-refractivity contribution < 1.29 is 0 Å². The quantitative estimate of drug-likeness (QED) is 0.123. The third kappa shape index (κ3) is 4.60. The Morgan fingerprint density at radius 1 is 0.246 bits per heavy atom. The zero-order valence-corrected chi connectivity index (χ0v) is 37.1. The van der Waals surface area contributed by atoms with Crippen LogP contribution in [0.3, 0.4) is 0 Å². The van der Waals surface area contributed by atoms with E-state index in [2.05, 4.69) is 219 Å². The van der Waals surface area contributed by atoms with Crippen LogP contribution >= 0.6 is 0 Å². The molecule has 0 fully saturated rings. The van der Waals surface area contributed by atoms with Crippen molar-refractivity contribution in [2.24, 2.45) is 0 Å². The van der Waals surface area contributed by atoms with Gasteiger partial charge in [0.2, 0.25) is 0 Å². The molecule has 0 amide bonds. The molecule has 0 radical (unpaired) electrons. The maximum atomic E-state index is 2.66. The van der Waals surface area contributed by atoms with Crippen LogP contribution in [0.5, 0.6) is 0 Å². The van der Waals surface area contributed by atoms with Crippen molar-refractivity contribution in [3.63, 3.8) is 0 Å². The lowest BCUT2D eigenvalue weighted by Gasteiger charge is -2.24. The van der Waals surface area contributed by atoms with E-state index in [4.69, 9.17) is 0 Å². The second-order valence-electron chi connectivity index (χ2n) is 19.0. The van der Waals surface area contributed by atoms with Crippen LogP contribution in [0, 0.1) is 0 Å². The molecule has 1 aliphatic heterocycles. The Bertz CT molecular complexity index is 4080. The van der Waals surface area contributed by atoms with Gasteiger partial charge in [0.15, 0.2) is 0 Å². The smallest absolute Gasteiger partial charge is 0.0623 e. The van der Waals surface area contributed by atoms with E-state index in [0.717, 1.165) is 0 Å². The highest BCUT2D eigenvalue weighted by atomic mass is 28.3. The molecule has 0 saturated heterocycles. The molecule has 3 aliphatic rings. The van der Waals surface area contributed by atoms with Gasteiger partial charge in [-0.2, -0.15) is 0 Å². The zero-order chi connectivity index (χ0) is 42.7. The van der Waals surface area contributed by atoms with E-state index in [1.807, 2.05) is 0 Å². The Balaban J connectivity index is 1.14. The first-order valence-corrected chi connectivity index (χ1v) is 26.0. The summed E-state index contributed by atoms with van der Waals surface area (Å²) in [7, 11) is -2.07. The molecule has 65 heavy (non-hydrogen) atoms. The van der Waals surface area contributed by atoms with E-state index in [-0.39, 0.29) is 0 Å². The van der Waals surface area contributed by atoms with Gasteiger partial charge in [-0.25, -0.2) is 0 Å². The van der Waals surface area contributed by atoms with Crippen molar-refractivity contribution in [3.05, 3.63) is 206 Å². The van der Waals surface area contributed by atoms with Gasteiger partial charge in [0.1, 0.15) is 8.07 Å². The summed E-state index contributed by atoms with van der Waals surface area (Å²) in [4.78, 5) is 0. The Kier molecular flexibility index (Phi) is 6.93. The van der Waals surface area contributed by atoms with Crippen molar-refractivity contribution in [1.82, 2.24) is 0 Å². The molecule has 0 spiro atoms. The summed E-state index contributed by atoms with van der Waals surface area (Å²) >= 11 is 0. The van der Waals surface area contributed by atoms with E-state index < -0.39 is 8.07 Å². The van der Waals surface area contributed by atoms with Crippen molar-refractivity contribution in [2.45, 2.75) is 13.1 Å². The molecule has 15 rings (SSSR count). The number of benzene rings is 12. The van der Waals surface area contributed by atoms with Gasteiger partial charge < -0.3 is 0 Å². The van der Waals surface area contributed by atoms with Gasteiger partial charge >= 0.3 is 0 Å². The minimum absolute atomic E-state index is 1.23. The molecule has 0 nitrogen and oxygen atoms in total. The lowest BCUT2D eigenvalue weighted by Crippen LogP contribution is -2.49. The van der Waals surface area contributed by atoms with Crippen LogP contribution in [0.2, 0.25) is 13.1 Å². The molecule has 1 heterocycles. The SMILES string of the molecule is C[Si]1(C)c2ccccc2-c2cc3c(-c4ccc5c6c(cccc46)-c4ccccc4-5)c4ccc(-c5cccc6ccccc56)cc4c(-c4ccc5c6c(cccc46)-c4ccccc4-5)c3cc21. The number of rotatable bonds is 3. The summed E-state index contributed by atoms with van der Waals surface area (Å²) in [6.45, 7) is 5.11. The normalized spacial score (nSPS) is 13.5. The first kappa shape index (κ1) is 35.6. The molecule has 12 aromatic rings. The monoisotopic (exact) mass is 836 g/mol. The van der Waals surface area contributed by atoms with Crippen molar-refractivity contribution in [1.29, 1.82) is 0 Å². The summed E-state index contributed by atoms with van der Waals surface area (Å²) < 4.78 is 0. The summed E-state index contributed by atoms with van der Waals surface area (Å²) in [5, 5.41) is 16.1. The Morgan fingerprint density at radius 3 is 1.35 bits per heavy atom. The zero-order valence-electron chi connectivity index (χ0n) is 36.1. The van der Waals surface area contributed by atoms with E-state index in [0.29, 0.717) is 0 Å². The molecule has 0 aromatic heterocycles. The standard InChI is InChI=1S/C64H40Si/c1-65(2)59-27-10-9-21-45(59)55-35-57-58(36-60(55)65)64(53-33-31-51-44-20-8-6-18-42(44)47-24-13-26-49(53)62(47)51)56-34-38(40-22-11-15-37-14-3-4-16-39(37)40)28-29-54(56)63(57)52-32-30-50-43-19-7-5-17-41(43)46-23-12-25-48(52)61(46)50/h3-36H,1-2H3. The molecule has 1 heteroatoms. The molecular weight excluding hydrogens is 797 g/mol. The van der Waals surface area contributed by atoms with E-state index >= 15 is 0 Å². The predicted octanol–water partition coefficient (Wildman–Crippen LogP) is 16.6. The van der Waals surface area contributed by atoms with Gasteiger partial charge in [-0.1, -0.05) is 207 Å².